The first-order valence-corrected chi connectivity index (χ1v) is 9.42. The molecule has 0 bridgehead atoms. The van der Waals surface area contributed by atoms with Crippen molar-refractivity contribution in [2.24, 2.45) is 11.0 Å². The molecule has 1 aliphatic rings. The van der Waals surface area contributed by atoms with Crippen molar-refractivity contribution in [2.45, 2.75) is 26.3 Å². The van der Waals surface area contributed by atoms with Crippen LogP contribution >= 0.6 is 0 Å². The van der Waals surface area contributed by atoms with Crippen molar-refractivity contribution in [3.8, 4) is 0 Å². The second-order valence-corrected chi connectivity index (χ2v) is 7.38. The van der Waals surface area contributed by atoms with Gasteiger partial charge in [-0.15, -0.1) is 0 Å². The van der Waals surface area contributed by atoms with E-state index in [1.165, 1.54) is 28.1 Å². The predicted molar refractivity (Wildman–Crippen MR) is 106 cm³/mol. The lowest BCUT2D eigenvalue weighted by Crippen LogP contribution is -2.40. The summed E-state index contributed by atoms with van der Waals surface area (Å²) in [5.74, 6) is -1.63. The molecule has 1 atom stereocenters. The Hall–Kier alpha value is -3.09. The molecule has 0 N–H and O–H groups in total. The number of amides is 2. The van der Waals surface area contributed by atoms with Gasteiger partial charge in [0, 0.05) is 24.9 Å². The number of halogens is 2. The van der Waals surface area contributed by atoms with Gasteiger partial charge < -0.3 is 4.90 Å². The molecule has 0 saturated heterocycles. The Balaban J connectivity index is 1.91. The van der Waals surface area contributed by atoms with Crippen LogP contribution in [0.5, 0.6) is 0 Å². The van der Waals surface area contributed by atoms with Crippen molar-refractivity contribution in [1.29, 1.82) is 0 Å². The third-order valence-corrected chi connectivity index (χ3v) is 4.85. The van der Waals surface area contributed by atoms with Crippen LogP contribution < -0.4 is 0 Å². The minimum atomic E-state index is -0.633. The highest BCUT2D eigenvalue weighted by molar-refractivity contribution is 6.03. The molecule has 0 spiro atoms. The van der Waals surface area contributed by atoms with E-state index in [1.54, 1.807) is 51.2 Å². The van der Waals surface area contributed by atoms with Crippen LogP contribution in [0.25, 0.3) is 0 Å². The van der Waals surface area contributed by atoms with Crippen LogP contribution in [0.4, 0.5) is 8.78 Å². The highest BCUT2D eigenvalue weighted by Gasteiger charge is 2.35. The van der Waals surface area contributed by atoms with Crippen LogP contribution in [0.2, 0.25) is 0 Å². The molecule has 0 fully saturated rings. The molecule has 29 heavy (non-hydrogen) atoms. The molecular formula is C22H23F2N3O2. The molecule has 1 unspecified atom stereocenters. The van der Waals surface area contributed by atoms with E-state index in [-0.39, 0.29) is 24.2 Å². The van der Waals surface area contributed by atoms with Gasteiger partial charge in [-0.25, -0.2) is 13.8 Å². The smallest absolute Gasteiger partial charge is 0.262 e. The first-order valence-electron chi connectivity index (χ1n) is 9.42. The molecule has 0 radical (unpaired) electrons. The summed E-state index contributed by atoms with van der Waals surface area (Å²) in [6.45, 7) is 3.35. The van der Waals surface area contributed by atoms with Gasteiger partial charge in [0.25, 0.3) is 5.91 Å². The molecule has 2 aromatic carbocycles. The normalized spacial score (nSPS) is 16.1. The molecule has 2 amide bonds. The largest absolute Gasteiger partial charge is 0.336 e. The topological polar surface area (TPSA) is 53.0 Å². The molecule has 1 heterocycles. The maximum Gasteiger partial charge on any atom is 0.262 e. The maximum absolute atomic E-state index is 14.5. The summed E-state index contributed by atoms with van der Waals surface area (Å²) in [6.07, 6.45) is 0.292. The van der Waals surface area contributed by atoms with Gasteiger partial charge in [0.2, 0.25) is 5.91 Å². The van der Waals surface area contributed by atoms with Crippen molar-refractivity contribution >= 4 is 17.5 Å². The number of likely N-dealkylation sites (N-methyl/N-ethyl adjacent to an activating group) is 1. The van der Waals surface area contributed by atoms with Crippen LogP contribution in [0, 0.1) is 17.6 Å². The first kappa shape index (κ1) is 20.6. The molecule has 1 aliphatic heterocycles. The Morgan fingerprint density at radius 2 is 1.79 bits per heavy atom. The van der Waals surface area contributed by atoms with Gasteiger partial charge in [-0.1, -0.05) is 44.2 Å². The number of benzene rings is 2. The zero-order valence-electron chi connectivity index (χ0n) is 16.6. The second-order valence-electron chi connectivity index (χ2n) is 7.38. The number of hydrogen-bond acceptors (Lipinski definition) is 3. The quantitative estimate of drug-likeness (QED) is 0.769. The molecule has 2 aromatic rings. The maximum atomic E-state index is 14.5. The van der Waals surface area contributed by atoms with Crippen molar-refractivity contribution < 1.29 is 18.4 Å². The summed E-state index contributed by atoms with van der Waals surface area (Å²) in [7, 11) is 1.55. The fourth-order valence-electron chi connectivity index (χ4n) is 3.34. The zero-order chi connectivity index (χ0) is 21.1. The van der Waals surface area contributed by atoms with Crippen LogP contribution in [-0.2, 0) is 9.59 Å². The summed E-state index contributed by atoms with van der Waals surface area (Å²) < 4.78 is 27.7. The highest BCUT2D eigenvalue weighted by atomic mass is 19.1. The minimum absolute atomic E-state index is 0.164. The van der Waals surface area contributed by atoms with Crippen molar-refractivity contribution in [3.63, 3.8) is 0 Å². The molecule has 7 heteroatoms. The summed E-state index contributed by atoms with van der Waals surface area (Å²) >= 11 is 0. The number of hydrogen-bond donors (Lipinski definition) is 0. The first-order chi connectivity index (χ1) is 13.8. The Morgan fingerprint density at radius 1 is 1.14 bits per heavy atom. The second kappa shape index (κ2) is 8.51. The SMILES string of the molecule is CC(C)C(=O)N(C)CC(=O)N1N=C(c2ccc(F)cc2)CC1c1ccccc1F. The van der Waals surface area contributed by atoms with Crippen LogP contribution in [-0.4, -0.2) is 41.0 Å². The number of carbonyl (C=O) groups is 2. The third-order valence-electron chi connectivity index (χ3n) is 4.85. The Bertz CT molecular complexity index is 941. The van der Waals surface area contributed by atoms with E-state index < -0.39 is 17.8 Å². The lowest BCUT2D eigenvalue weighted by Gasteiger charge is -2.25. The van der Waals surface area contributed by atoms with Crippen LogP contribution in [0.15, 0.2) is 53.6 Å². The van der Waals surface area contributed by atoms with Crippen molar-refractivity contribution in [2.75, 3.05) is 13.6 Å². The standard InChI is InChI=1S/C22H23F2N3O2/c1-14(2)22(29)26(3)13-21(28)27-20(17-6-4-5-7-18(17)24)12-19(25-27)15-8-10-16(23)11-9-15/h4-11,14,20H,12-13H2,1-3H3. The summed E-state index contributed by atoms with van der Waals surface area (Å²) in [4.78, 5) is 26.4. The molecule has 5 nitrogen and oxygen atoms in total. The van der Waals surface area contributed by atoms with Crippen molar-refractivity contribution in [1.82, 2.24) is 9.91 Å². The summed E-state index contributed by atoms with van der Waals surface area (Å²) in [6, 6.07) is 11.4. The predicted octanol–water partition coefficient (Wildman–Crippen LogP) is 3.76. The lowest BCUT2D eigenvalue weighted by atomic mass is 9.98. The molecule has 152 valence electrons. The number of carbonyl (C=O) groups excluding carboxylic acids is 2. The van der Waals surface area contributed by atoms with E-state index in [4.69, 9.17) is 0 Å². The monoisotopic (exact) mass is 399 g/mol. The van der Waals surface area contributed by atoms with Gasteiger partial charge >= 0.3 is 0 Å². The number of nitrogens with zero attached hydrogens (tertiary/aromatic N) is 3. The van der Waals surface area contributed by atoms with E-state index in [2.05, 4.69) is 5.10 Å². The van der Waals surface area contributed by atoms with E-state index >= 15 is 0 Å². The fourth-order valence-corrected chi connectivity index (χ4v) is 3.34. The highest BCUT2D eigenvalue weighted by Crippen LogP contribution is 2.34. The number of rotatable bonds is 5. The lowest BCUT2D eigenvalue weighted by molar-refractivity contribution is -0.142. The molecule has 0 saturated carbocycles. The summed E-state index contributed by atoms with van der Waals surface area (Å²) in [5, 5.41) is 5.65. The zero-order valence-corrected chi connectivity index (χ0v) is 16.6. The van der Waals surface area contributed by atoms with Gasteiger partial charge in [-0.3, -0.25) is 9.59 Å². The van der Waals surface area contributed by atoms with Crippen LogP contribution in [0.1, 0.15) is 37.4 Å². The average Bonchev–Trinajstić information content (AvgIpc) is 3.13. The van der Waals surface area contributed by atoms with Crippen LogP contribution in [0.3, 0.4) is 0 Å². The Labute approximate surface area is 168 Å². The minimum Gasteiger partial charge on any atom is -0.336 e. The Kier molecular flexibility index (Phi) is 6.06. The number of hydrazone groups is 1. The van der Waals surface area contributed by atoms with Crippen molar-refractivity contribution in [3.05, 3.63) is 71.3 Å². The van der Waals surface area contributed by atoms with Gasteiger partial charge in [0.05, 0.1) is 11.8 Å². The van der Waals surface area contributed by atoms with E-state index in [1.807, 2.05) is 0 Å². The average molecular weight is 399 g/mol. The molecule has 0 aromatic heterocycles. The molecule has 3 rings (SSSR count). The Morgan fingerprint density at radius 3 is 2.41 bits per heavy atom. The van der Waals surface area contributed by atoms with Gasteiger partial charge in [-0.05, 0) is 23.8 Å². The summed E-state index contributed by atoms with van der Waals surface area (Å²) in [5.41, 5.74) is 1.57. The van der Waals surface area contributed by atoms with E-state index in [0.717, 1.165) is 0 Å². The van der Waals surface area contributed by atoms with Gasteiger partial charge in [-0.2, -0.15) is 5.10 Å². The molecular weight excluding hydrogens is 376 g/mol. The van der Waals surface area contributed by atoms with Gasteiger partial charge in [0.15, 0.2) is 0 Å². The third kappa shape index (κ3) is 4.50. The van der Waals surface area contributed by atoms with E-state index in [0.29, 0.717) is 23.3 Å². The fraction of sp³-hybridized carbons (Fsp3) is 0.318. The van der Waals surface area contributed by atoms with E-state index in [9.17, 15) is 18.4 Å². The van der Waals surface area contributed by atoms with Gasteiger partial charge in [0.1, 0.15) is 18.2 Å². The molecule has 0 aliphatic carbocycles.